The van der Waals surface area contributed by atoms with Crippen LogP contribution < -0.4 is 10.6 Å². The van der Waals surface area contributed by atoms with Gasteiger partial charge < -0.3 is 15.1 Å². The average Bonchev–Trinajstić information content (AvgIpc) is 3.06. The molecule has 22 heavy (non-hydrogen) atoms. The molecule has 1 aliphatic rings. The van der Waals surface area contributed by atoms with Crippen LogP contribution in [-0.2, 0) is 11.0 Å². The molecule has 1 aliphatic heterocycles. The molecule has 2 heterocycles. The van der Waals surface area contributed by atoms with Gasteiger partial charge in [0.05, 0.1) is 5.92 Å². The average molecular weight is 336 g/mol. The predicted octanol–water partition coefficient (Wildman–Crippen LogP) is 2.82. The van der Waals surface area contributed by atoms with Crippen LogP contribution in [0.1, 0.15) is 12.3 Å². The number of halogens is 4. The Hall–Kier alpha value is -1.80. The van der Waals surface area contributed by atoms with Gasteiger partial charge in [-0.2, -0.15) is 13.2 Å². The Labute approximate surface area is 129 Å². The van der Waals surface area contributed by atoms with Crippen LogP contribution in [0.15, 0.2) is 22.6 Å². The number of oxazole rings is 1. The fourth-order valence-electron chi connectivity index (χ4n) is 2.25. The van der Waals surface area contributed by atoms with Crippen molar-refractivity contribution in [1.29, 1.82) is 0 Å². The van der Waals surface area contributed by atoms with E-state index in [1.165, 1.54) is 18.2 Å². The van der Waals surface area contributed by atoms with Crippen molar-refractivity contribution in [2.24, 2.45) is 5.92 Å². The molecule has 0 saturated carbocycles. The highest BCUT2D eigenvalue weighted by Gasteiger charge is 2.37. The first kappa shape index (κ1) is 16.6. The maximum absolute atomic E-state index is 12.5. The van der Waals surface area contributed by atoms with Crippen molar-refractivity contribution in [3.63, 3.8) is 0 Å². The van der Waals surface area contributed by atoms with Crippen molar-refractivity contribution in [1.82, 2.24) is 10.3 Å². The minimum absolute atomic E-state index is 0. The topological polar surface area (TPSA) is 67.2 Å². The molecule has 0 bridgehead atoms. The number of hydrogen-bond acceptors (Lipinski definition) is 4. The lowest BCUT2D eigenvalue weighted by molar-refractivity contribution is -0.156. The van der Waals surface area contributed by atoms with E-state index in [9.17, 15) is 18.0 Å². The summed E-state index contributed by atoms with van der Waals surface area (Å²) in [4.78, 5) is 15.3. The zero-order valence-corrected chi connectivity index (χ0v) is 12.1. The Balaban J connectivity index is 0.00000176. The zero-order chi connectivity index (χ0) is 15.0. The highest BCUT2D eigenvalue weighted by molar-refractivity contribution is 5.94. The smallest absolute Gasteiger partial charge is 0.433 e. The first-order valence-corrected chi connectivity index (χ1v) is 6.43. The SMILES string of the molecule is Cl.O=C(Nc1ccc2oc(C(F)(F)F)nc2c1)C1CCNC1. The quantitative estimate of drug-likeness (QED) is 0.885. The molecule has 120 valence electrons. The number of alkyl halides is 3. The van der Waals surface area contributed by atoms with Crippen molar-refractivity contribution < 1.29 is 22.4 Å². The van der Waals surface area contributed by atoms with E-state index in [0.29, 0.717) is 12.2 Å². The Morgan fingerprint density at radius 3 is 2.82 bits per heavy atom. The lowest BCUT2D eigenvalue weighted by Gasteiger charge is -2.09. The van der Waals surface area contributed by atoms with Crippen LogP contribution in [-0.4, -0.2) is 24.0 Å². The number of amides is 1. The lowest BCUT2D eigenvalue weighted by Crippen LogP contribution is -2.24. The number of carbonyl (C=O) groups is 1. The van der Waals surface area contributed by atoms with Gasteiger partial charge >= 0.3 is 12.1 Å². The van der Waals surface area contributed by atoms with E-state index in [0.717, 1.165) is 13.0 Å². The third kappa shape index (κ3) is 3.33. The summed E-state index contributed by atoms with van der Waals surface area (Å²) in [6, 6.07) is 4.22. The van der Waals surface area contributed by atoms with Crippen LogP contribution in [0.4, 0.5) is 18.9 Å². The lowest BCUT2D eigenvalue weighted by atomic mass is 10.1. The van der Waals surface area contributed by atoms with Crippen LogP contribution in [0.25, 0.3) is 11.1 Å². The Bertz CT molecular complexity index is 681. The fourth-order valence-corrected chi connectivity index (χ4v) is 2.25. The molecule has 1 unspecified atom stereocenters. The first-order chi connectivity index (χ1) is 9.93. The van der Waals surface area contributed by atoms with Crippen molar-refractivity contribution in [2.45, 2.75) is 12.6 Å². The molecule has 5 nitrogen and oxygen atoms in total. The third-order valence-corrected chi connectivity index (χ3v) is 3.33. The number of anilines is 1. The van der Waals surface area contributed by atoms with Crippen molar-refractivity contribution in [3.05, 3.63) is 24.1 Å². The second-order valence-electron chi connectivity index (χ2n) is 4.88. The summed E-state index contributed by atoms with van der Waals surface area (Å²) >= 11 is 0. The van der Waals surface area contributed by atoms with Crippen molar-refractivity contribution in [2.75, 3.05) is 18.4 Å². The van der Waals surface area contributed by atoms with E-state index in [1.807, 2.05) is 0 Å². The normalized spacial score (nSPS) is 18.2. The summed E-state index contributed by atoms with van der Waals surface area (Å²) in [5.41, 5.74) is 0.494. The first-order valence-electron chi connectivity index (χ1n) is 6.43. The number of benzene rings is 1. The fraction of sp³-hybridized carbons (Fsp3) is 0.385. The summed E-state index contributed by atoms with van der Waals surface area (Å²) < 4.78 is 42.2. The molecular formula is C13H13ClF3N3O2. The molecular weight excluding hydrogens is 323 g/mol. The standard InChI is InChI=1S/C13H12F3N3O2.ClH/c14-13(15,16)12-19-9-5-8(1-2-10(9)21-12)18-11(20)7-3-4-17-6-7;/h1-2,5,7,17H,3-4,6H2,(H,18,20);1H. The molecule has 0 spiro atoms. The molecule has 0 aliphatic carbocycles. The molecule has 1 aromatic heterocycles. The number of nitrogens with one attached hydrogen (secondary N) is 2. The second kappa shape index (κ2) is 6.13. The summed E-state index contributed by atoms with van der Waals surface area (Å²) in [5.74, 6) is -1.57. The van der Waals surface area contributed by atoms with E-state index >= 15 is 0 Å². The number of hydrogen-bond donors (Lipinski definition) is 2. The number of fused-ring (bicyclic) bond motifs is 1. The Kier molecular flexibility index (Phi) is 4.62. The molecule has 0 radical (unpaired) electrons. The van der Waals surface area contributed by atoms with Gasteiger partial charge in [0.2, 0.25) is 5.91 Å². The number of carbonyl (C=O) groups excluding carboxylic acids is 1. The number of rotatable bonds is 2. The Morgan fingerprint density at radius 2 is 2.18 bits per heavy atom. The van der Waals surface area contributed by atoms with Crippen LogP contribution in [0.5, 0.6) is 0 Å². The van der Waals surface area contributed by atoms with Gasteiger partial charge in [0, 0.05) is 12.2 Å². The molecule has 1 atom stereocenters. The van der Waals surface area contributed by atoms with E-state index < -0.39 is 12.1 Å². The van der Waals surface area contributed by atoms with Gasteiger partial charge in [0.1, 0.15) is 5.52 Å². The molecule has 1 aromatic carbocycles. The minimum atomic E-state index is -4.63. The van der Waals surface area contributed by atoms with Gasteiger partial charge in [0.25, 0.3) is 0 Å². The van der Waals surface area contributed by atoms with Crippen molar-refractivity contribution in [3.8, 4) is 0 Å². The predicted molar refractivity (Wildman–Crippen MR) is 75.9 cm³/mol. The van der Waals surface area contributed by atoms with E-state index in [2.05, 4.69) is 20.0 Å². The highest BCUT2D eigenvalue weighted by Crippen LogP contribution is 2.31. The molecule has 1 saturated heterocycles. The third-order valence-electron chi connectivity index (χ3n) is 3.33. The minimum Gasteiger partial charge on any atom is -0.433 e. The molecule has 1 amide bonds. The number of aromatic nitrogens is 1. The largest absolute Gasteiger partial charge is 0.468 e. The van der Waals surface area contributed by atoms with Crippen LogP contribution >= 0.6 is 12.4 Å². The maximum Gasteiger partial charge on any atom is 0.468 e. The zero-order valence-electron chi connectivity index (χ0n) is 11.2. The summed E-state index contributed by atoms with van der Waals surface area (Å²) in [6.45, 7) is 1.39. The summed E-state index contributed by atoms with van der Waals surface area (Å²) in [5, 5.41) is 5.76. The second-order valence-corrected chi connectivity index (χ2v) is 4.88. The number of nitrogens with zero attached hydrogens (tertiary/aromatic N) is 1. The van der Waals surface area contributed by atoms with Crippen molar-refractivity contribution >= 4 is 35.1 Å². The van der Waals surface area contributed by atoms with Gasteiger partial charge in [-0.15, -0.1) is 12.4 Å². The van der Waals surface area contributed by atoms with Crippen LogP contribution in [0.3, 0.4) is 0 Å². The monoisotopic (exact) mass is 335 g/mol. The van der Waals surface area contributed by atoms with Gasteiger partial charge in [-0.3, -0.25) is 4.79 Å². The van der Waals surface area contributed by atoms with E-state index in [-0.39, 0.29) is 35.3 Å². The highest BCUT2D eigenvalue weighted by atomic mass is 35.5. The molecule has 2 aromatic rings. The molecule has 9 heteroatoms. The molecule has 3 rings (SSSR count). The van der Waals surface area contributed by atoms with Gasteiger partial charge in [0.15, 0.2) is 5.58 Å². The van der Waals surface area contributed by atoms with Gasteiger partial charge in [-0.1, -0.05) is 0 Å². The van der Waals surface area contributed by atoms with E-state index in [1.54, 1.807) is 0 Å². The van der Waals surface area contributed by atoms with Gasteiger partial charge in [-0.05, 0) is 31.2 Å². The molecule has 2 N–H and O–H groups in total. The summed E-state index contributed by atoms with van der Waals surface area (Å²) in [6.07, 6.45) is -3.88. The molecule has 1 fully saturated rings. The van der Waals surface area contributed by atoms with Gasteiger partial charge in [-0.25, -0.2) is 4.98 Å². The Morgan fingerprint density at radius 1 is 1.41 bits per heavy atom. The summed E-state index contributed by atoms with van der Waals surface area (Å²) in [7, 11) is 0. The van der Waals surface area contributed by atoms with E-state index in [4.69, 9.17) is 0 Å². The maximum atomic E-state index is 12.5. The van der Waals surface area contributed by atoms with Crippen LogP contribution in [0, 0.1) is 5.92 Å². The van der Waals surface area contributed by atoms with Crippen LogP contribution in [0.2, 0.25) is 0 Å².